The van der Waals surface area contributed by atoms with Crippen molar-refractivity contribution >= 4 is 33.3 Å². The van der Waals surface area contributed by atoms with Crippen molar-refractivity contribution in [3.63, 3.8) is 0 Å². The zero-order valence-electron chi connectivity index (χ0n) is 20.6. The van der Waals surface area contributed by atoms with Crippen LogP contribution in [0.15, 0.2) is 23.1 Å². The van der Waals surface area contributed by atoms with Crippen molar-refractivity contribution in [2.45, 2.75) is 44.4 Å². The highest BCUT2D eigenvalue weighted by Crippen LogP contribution is 2.29. The molecule has 35 heavy (non-hydrogen) atoms. The van der Waals surface area contributed by atoms with Crippen LogP contribution in [0.2, 0.25) is 0 Å². The summed E-state index contributed by atoms with van der Waals surface area (Å²) in [5.74, 6) is 0.570. The normalized spacial score (nSPS) is 15.8. The minimum atomic E-state index is -3.67. The van der Waals surface area contributed by atoms with Crippen molar-refractivity contribution in [3.05, 3.63) is 34.1 Å². The van der Waals surface area contributed by atoms with Crippen LogP contribution in [0.1, 0.15) is 37.9 Å². The lowest BCUT2D eigenvalue weighted by atomic mass is 10.0. The van der Waals surface area contributed by atoms with Gasteiger partial charge in [-0.2, -0.15) is 9.40 Å². The highest BCUT2D eigenvalue weighted by atomic mass is 32.2. The summed E-state index contributed by atoms with van der Waals surface area (Å²) in [5.41, 5.74) is 4.36. The van der Waals surface area contributed by atoms with Crippen molar-refractivity contribution in [2.75, 3.05) is 39.3 Å². The van der Waals surface area contributed by atoms with Gasteiger partial charge in [0.05, 0.1) is 22.7 Å². The first-order chi connectivity index (χ1) is 16.8. The van der Waals surface area contributed by atoms with Crippen molar-refractivity contribution in [1.29, 1.82) is 0 Å². The van der Waals surface area contributed by atoms with Gasteiger partial charge >= 0.3 is 0 Å². The highest BCUT2D eigenvalue weighted by Gasteiger charge is 2.29. The molecule has 11 heteroatoms. The molecule has 0 unspecified atom stereocenters. The third-order valence-electron chi connectivity index (χ3n) is 6.51. The zero-order chi connectivity index (χ0) is 25.2. The Hall–Kier alpha value is -2.18. The molecule has 1 aromatic carbocycles. The number of sulfonamides is 1. The molecular weight excluding hydrogens is 484 g/mol. The topological polar surface area (TPSA) is 107 Å². The molecule has 2 N–H and O–H groups in total. The molecule has 0 spiro atoms. The van der Waals surface area contributed by atoms with E-state index >= 15 is 0 Å². The number of aliphatic hydroxyl groups excluding tert-OH is 1. The van der Waals surface area contributed by atoms with Crippen LogP contribution < -0.4 is 0 Å². The molecular formula is C24H34N6O3S2. The van der Waals surface area contributed by atoms with E-state index < -0.39 is 10.0 Å². The summed E-state index contributed by atoms with van der Waals surface area (Å²) in [6.07, 6.45) is 3.48. The average molecular weight is 519 g/mol. The van der Waals surface area contributed by atoms with E-state index in [1.165, 1.54) is 4.31 Å². The minimum absolute atomic E-state index is 0.0740. The number of aromatic amines is 1. The van der Waals surface area contributed by atoms with Crippen LogP contribution in [0.4, 0.5) is 0 Å². The smallest absolute Gasteiger partial charge is 0.243 e. The Labute approximate surface area is 211 Å². The van der Waals surface area contributed by atoms with Gasteiger partial charge in [-0.25, -0.2) is 13.4 Å². The van der Waals surface area contributed by atoms with Gasteiger partial charge in [0.15, 0.2) is 4.64 Å². The van der Waals surface area contributed by atoms with Crippen LogP contribution in [0.3, 0.4) is 0 Å². The van der Waals surface area contributed by atoms with Gasteiger partial charge in [0.1, 0.15) is 11.3 Å². The summed E-state index contributed by atoms with van der Waals surface area (Å²) in [4.78, 5) is 10.4. The molecule has 2 aromatic heterocycles. The molecule has 1 aliphatic heterocycles. The third-order valence-corrected chi connectivity index (χ3v) is 8.69. The fourth-order valence-corrected chi connectivity index (χ4v) is 6.48. The maximum absolute atomic E-state index is 13.5. The molecule has 3 heterocycles. The first kappa shape index (κ1) is 25.9. The second kappa shape index (κ2) is 10.8. The van der Waals surface area contributed by atoms with Crippen molar-refractivity contribution in [3.8, 4) is 11.4 Å². The number of H-pyrrole nitrogens is 1. The quantitative estimate of drug-likeness (QED) is 0.420. The number of rotatable bonds is 9. The molecule has 190 valence electrons. The Morgan fingerprint density at radius 3 is 2.49 bits per heavy atom. The lowest BCUT2D eigenvalue weighted by Crippen LogP contribution is -2.49. The predicted octanol–water partition coefficient (Wildman–Crippen LogP) is 2.90. The summed E-state index contributed by atoms with van der Waals surface area (Å²) in [6, 6.07) is 5.33. The summed E-state index contributed by atoms with van der Waals surface area (Å²) >= 11 is 5.63. The molecule has 0 atom stereocenters. The SMILES string of the molecule is CCCc1ccc(S(=O)(=O)N2CCN(CCO)CC2)cc1-c1nc(=S)c2c([nH]1)c(CCC)nn2C. The van der Waals surface area contributed by atoms with Gasteiger partial charge in [-0.3, -0.25) is 9.58 Å². The molecule has 1 fully saturated rings. The molecule has 9 nitrogen and oxygen atoms in total. The molecule has 0 aliphatic carbocycles. The van der Waals surface area contributed by atoms with Crippen molar-refractivity contribution in [2.24, 2.45) is 7.05 Å². The Bertz CT molecular complexity index is 1360. The molecule has 4 rings (SSSR count). The van der Waals surface area contributed by atoms with Crippen LogP contribution in [0.5, 0.6) is 0 Å². The lowest BCUT2D eigenvalue weighted by molar-refractivity contribution is 0.151. The van der Waals surface area contributed by atoms with Crippen LogP contribution in [0.25, 0.3) is 22.4 Å². The number of β-amino-alcohol motifs (C(OH)–C–C–N with tert-alkyl or cyclic N) is 1. The molecule has 1 saturated heterocycles. The van der Waals surface area contributed by atoms with Crippen molar-refractivity contribution in [1.82, 2.24) is 29.0 Å². The number of nitrogens with zero attached hydrogens (tertiary/aromatic N) is 5. The maximum atomic E-state index is 13.5. The Balaban J connectivity index is 1.78. The number of piperazine rings is 1. The highest BCUT2D eigenvalue weighted by molar-refractivity contribution is 7.89. The number of hydrogen-bond acceptors (Lipinski definition) is 7. The number of nitrogens with one attached hydrogen (secondary N) is 1. The number of hydrogen-bond donors (Lipinski definition) is 2. The number of aryl methyl sites for hydroxylation is 3. The van der Waals surface area contributed by atoms with E-state index in [0.717, 1.165) is 53.5 Å². The summed E-state index contributed by atoms with van der Waals surface area (Å²) in [7, 11) is -1.80. The zero-order valence-corrected chi connectivity index (χ0v) is 22.3. The first-order valence-corrected chi connectivity index (χ1v) is 14.1. The number of benzene rings is 1. The van der Waals surface area contributed by atoms with E-state index in [1.54, 1.807) is 16.8 Å². The van der Waals surface area contributed by atoms with Gasteiger partial charge in [0, 0.05) is 45.3 Å². The van der Waals surface area contributed by atoms with Gasteiger partial charge in [-0.1, -0.05) is 45.0 Å². The Kier molecular flexibility index (Phi) is 8.02. The van der Waals surface area contributed by atoms with E-state index in [1.807, 2.05) is 13.1 Å². The standard InChI is InChI=1S/C24H34N6O3S2/c1-4-6-17-8-9-18(35(32,33)30-12-10-29(11-13-30)14-15-31)16-19(17)23-25-21-20(7-5-2)27-28(3)22(21)24(34)26-23/h8-9,16,31H,4-7,10-15H2,1-3H3,(H,25,26,34). The summed E-state index contributed by atoms with van der Waals surface area (Å²) < 4.78 is 30.8. The number of aromatic nitrogens is 4. The van der Waals surface area contributed by atoms with E-state index in [-0.39, 0.29) is 11.5 Å². The number of aliphatic hydroxyl groups is 1. The summed E-state index contributed by atoms with van der Waals surface area (Å²) in [6.45, 7) is 6.85. The van der Waals surface area contributed by atoms with Gasteiger partial charge < -0.3 is 10.1 Å². The molecule has 0 amide bonds. The second-order valence-corrected chi connectivity index (χ2v) is 11.3. The molecule has 0 saturated carbocycles. The van der Waals surface area contributed by atoms with E-state index in [0.29, 0.717) is 43.2 Å². The first-order valence-electron chi connectivity index (χ1n) is 12.2. The summed E-state index contributed by atoms with van der Waals surface area (Å²) in [5, 5.41) is 13.8. The Morgan fingerprint density at radius 2 is 1.83 bits per heavy atom. The molecule has 0 bridgehead atoms. The monoisotopic (exact) mass is 518 g/mol. The average Bonchev–Trinajstić information content (AvgIpc) is 3.15. The predicted molar refractivity (Wildman–Crippen MR) is 139 cm³/mol. The van der Waals surface area contributed by atoms with Crippen LogP contribution in [-0.4, -0.2) is 81.8 Å². The molecule has 1 aliphatic rings. The third kappa shape index (κ3) is 5.19. The van der Waals surface area contributed by atoms with Gasteiger partial charge in [-0.05, 0) is 30.5 Å². The second-order valence-electron chi connectivity index (χ2n) is 8.97. The molecule has 0 radical (unpaired) electrons. The van der Waals surface area contributed by atoms with Crippen LogP contribution in [-0.2, 0) is 29.9 Å². The fraction of sp³-hybridized carbons (Fsp3) is 0.542. The maximum Gasteiger partial charge on any atom is 0.243 e. The molecule has 3 aromatic rings. The fourth-order valence-electron chi connectivity index (χ4n) is 4.70. The van der Waals surface area contributed by atoms with Gasteiger partial charge in [0.25, 0.3) is 0 Å². The largest absolute Gasteiger partial charge is 0.395 e. The van der Waals surface area contributed by atoms with Gasteiger partial charge in [0.2, 0.25) is 10.0 Å². The lowest BCUT2D eigenvalue weighted by Gasteiger charge is -2.33. The van der Waals surface area contributed by atoms with Gasteiger partial charge in [-0.15, -0.1) is 0 Å². The van der Waals surface area contributed by atoms with Crippen LogP contribution >= 0.6 is 12.2 Å². The van der Waals surface area contributed by atoms with Crippen molar-refractivity contribution < 1.29 is 13.5 Å². The van der Waals surface area contributed by atoms with E-state index in [9.17, 15) is 8.42 Å². The minimum Gasteiger partial charge on any atom is -0.395 e. The van der Waals surface area contributed by atoms with Crippen LogP contribution in [0, 0.1) is 4.64 Å². The van der Waals surface area contributed by atoms with E-state index in [4.69, 9.17) is 17.3 Å². The Morgan fingerprint density at radius 1 is 1.11 bits per heavy atom. The van der Waals surface area contributed by atoms with E-state index in [2.05, 4.69) is 33.8 Å². The number of fused-ring (bicyclic) bond motifs is 1.